The Hall–Kier alpha value is -2.13. The van der Waals surface area contributed by atoms with E-state index in [1.54, 1.807) is 0 Å². The number of amides is 1. The van der Waals surface area contributed by atoms with Gasteiger partial charge in [-0.3, -0.25) is 14.9 Å². The van der Waals surface area contributed by atoms with Gasteiger partial charge in [0.25, 0.3) is 11.6 Å². The third kappa shape index (κ3) is 2.96. The van der Waals surface area contributed by atoms with Gasteiger partial charge in [0, 0.05) is 19.7 Å². The molecule has 7 heteroatoms. The van der Waals surface area contributed by atoms with Gasteiger partial charge in [-0.25, -0.2) is 0 Å². The molecule has 0 aromatic heterocycles. The lowest BCUT2D eigenvalue weighted by Crippen LogP contribution is -2.27. The Labute approximate surface area is 109 Å². The molecule has 0 bridgehead atoms. The number of rotatable bonds is 4. The topological polar surface area (TPSA) is 87.2 Å². The summed E-state index contributed by atoms with van der Waals surface area (Å²) in [7, 11) is 1.51. The van der Waals surface area contributed by atoms with Gasteiger partial charge in [0.2, 0.25) is 0 Å². The minimum absolute atomic E-state index is 0.0614. The number of benzene rings is 1. The average molecular weight is 268 g/mol. The maximum absolute atomic E-state index is 12.0. The van der Waals surface area contributed by atoms with Crippen LogP contribution in [0.4, 0.5) is 5.69 Å². The Morgan fingerprint density at radius 2 is 2.28 bits per heavy atom. The van der Waals surface area contributed by atoms with Gasteiger partial charge in [-0.2, -0.15) is 5.26 Å². The van der Waals surface area contributed by atoms with Gasteiger partial charge in [-0.1, -0.05) is 17.7 Å². The van der Waals surface area contributed by atoms with Crippen molar-refractivity contribution in [2.24, 2.45) is 0 Å². The van der Waals surface area contributed by atoms with Crippen molar-refractivity contribution in [2.45, 2.75) is 6.42 Å². The highest BCUT2D eigenvalue weighted by Gasteiger charge is 2.21. The largest absolute Gasteiger partial charge is 0.341 e. The molecule has 0 aliphatic rings. The van der Waals surface area contributed by atoms with Crippen molar-refractivity contribution in [2.75, 3.05) is 13.6 Å². The van der Waals surface area contributed by atoms with Crippen LogP contribution in [0.2, 0.25) is 5.02 Å². The molecule has 1 aromatic carbocycles. The minimum atomic E-state index is -0.644. The molecular weight excluding hydrogens is 258 g/mol. The van der Waals surface area contributed by atoms with Crippen molar-refractivity contribution in [1.82, 2.24) is 4.90 Å². The van der Waals surface area contributed by atoms with Crippen molar-refractivity contribution in [3.05, 3.63) is 38.9 Å². The number of hydrogen-bond donors (Lipinski definition) is 0. The van der Waals surface area contributed by atoms with Crippen LogP contribution in [0.15, 0.2) is 18.2 Å². The van der Waals surface area contributed by atoms with E-state index in [1.165, 1.54) is 30.1 Å². The van der Waals surface area contributed by atoms with Crippen molar-refractivity contribution in [3.8, 4) is 6.07 Å². The number of halogens is 1. The van der Waals surface area contributed by atoms with Crippen molar-refractivity contribution in [1.29, 1.82) is 5.26 Å². The SMILES string of the molecule is CN(CCC#N)C(=O)c1cccc([N+](=O)[O-])c1Cl. The van der Waals surface area contributed by atoms with E-state index in [0.717, 1.165) is 0 Å². The molecule has 0 heterocycles. The molecule has 0 aliphatic carbocycles. The molecule has 0 aliphatic heterocycles. The fraction of sp³-hybridized carbons (Fsp3) is 0.273. The Kier molecular flexibility index (Phi) is 4.63. The third-order valence-corrected chi connectivity index (χ3v) is 2.71. The summed E-state index contributed by atoms with van der Waals surface area (Å²) in [5, 5.41) is 18.9. The van der Waals surface area contributed by atoms with Gasteiger partial charge in [0.1, 0.15) is 5.02 Å². The number of nitro benzene ring substituents is 1. The second kappa shape index (κ2) is 5.98. The Morgan fingerprint density at radius 3 is 2.83 bits per heavy atom. The van der Waals surface area contributed by atoms with Crippen molar-refractivity contribution >= 4 is 23.2 Å². The fourth-order valence-corrected chi connectivity index (χ4v) is 1.63. The normalized spacial score (nSPS) is 9.61. The summed E-state index contributed by atoms with van der Waals surface area (Å²) in [6.45, 7) is 0.244. The summed E-state index contributed by atoms with van der Waals surface area (Å²) >= 11 is 5.82. The van der Waals surface area contributed by atoms with Crippen LogP contribution in [-0.4, -0.2) is 29.3 Å². The van der Waals surface area contributed by atoms with E-state index in [1.807, 2.05) is 6.07 Å². The quantitative estimate of drug-likeness (QED) is 0.618. The van der Waals surface area contributed by atoms with E-state index in [-0.39, 0.29) is 29.2 Å². The second-order valence-electron chi connectivity index (χ2n) is 3.53. The molecule has 1 aromatic rings. The Balaban J connectivity index is 3.04. The van der Waals surface area contributed by atoms with E-state index in [9.17, 15) is 14.9 Å². The zero-order valence-corrected chi connectivity index (χ0v) is 10.3. The number of nitriles is 1. The highest BCUT2D eigenvalue weighted by Crippen LogP contribution is 2.28. The lowest BCUT2D eigenvalue weighted by molar-refractivity contribution is -0.384. The molecule has 94 valence electrons. The van der Waals surface area contributed by atoms with Crippen LogP contribution < -0.4 is 0 Å². The highest BCUT2D eigenvalue weighted by atomic mass is 35.5. The zero-order chi connectivity index (χ0) is 13.7. The molecule has 0 N–H and O–H groups in total. The Bertz CT molecular complexity index is 525. The number of hydrogen-bond acceptors (Lipinski definition) is 4. The standard InChI is InChI=1S/C11H10ClN3O3/c1-14(7-3-6-13)11(16)8-4-2-5-9(10(8)12)15(17)18/h2,4-5H,3,7H2,1H3. The molecule has 0 fully saturated rings. The molecule has 6 nitrogen and oxygen atoms in total. The lowest BCUT2D eigenvalue weighted by atomic mass is 10.1. The maximum atomic E-state index is 12.0. The molecular formula is C11H10ClN3O3. The van der Waals surface area contributed by atoms with Gasteiger partial charge in [-0.05, 0) is 6.07 Å². The van der Waals surface area contributed by atoms with E-state index >= 15 is 0 Å². The summed E-state index contributed by atoms with van der Waals surface area (Å²) < 4.78 is 0. The molecule has 1 amide bonds. The molecule has 0 radical (unpaired) electrons. The number of carbonyl (C=O) groups is 1. The van der Waals surface area contributed by atoms with Crippen LogP contribution in [0.3, 0.4) is 0 Å². The zero-order valence-electron chi connectivity index (χ0n) is 9.59. The number of nitrogens with zero attached hydrogens (tertiary/aromatic N) is 3. The summed E-state index contributed by atoms with van der Waals surface area (Å²) in [5.41, 5.74) is -0.248. The number of nitro groups is 1. The van der Waals surface area contributed by atoms with Gasteiger partial charge >= 0.3 is 0 Å². The molecule has 0 atom stereocenters. The van der Waals surface area contributed by atoms with Gasteiger partial charge in [-0.15, -0.1) is 0 Å². The van der Waals surface area contributed by atoms with Crippen LogP contribution >= 0.6 is 11.6 Å². The predicted molar refractivity (Wildman–Crippen MR) is 65.3 cm³/mol. The summed E-state index contributed by atoms with van der Waals surface area (Å²) in [6, 6.07) is 5.96. The van der Waals surface area contributed by atoms with E-state index in [0.29, 0.717) is 0 Å². The molecule has 1 rings (SSSR count). The van der Waals surface area contributed by atoms with E-state index < -0.39 is 10.8 Å². The number of carbonyl (C=O) groups excluding carboxylic acids is 1. The monoisotopic (exact) mass is 267 g/mol. The first-order valence-electron chi connectivity index (χ1n) is 5.04. The van der Waals surface area contributed by atoms with Crippen LogP contribution in [-0.2, 0) is 0 Å². The first kappa shape index (κ1) is 13.9. The summed E-state index contributed by atoms with van der Waals surface area (Å²) in [5.74, 6) is -0.445. The van der Waals surface area contributed by atoms with E-state index in [4.69, 9.17) is 16.9 Å². The lowest BCUT2D eigenvalue weighted by Gasteiger charge is -2.16. The van der Waals surface area contributed by atoms with Crippen molar-refractivity contribution < 1.29 is 9.72 Å². The van der Waals surface area contributed by atoms with Gasteiger partial charge < -0.3 is 4.90 Å². The molecule has 18 heavy (non-hydrogen) atoms. The van der Waals surface area contributed by atoms with Crippen LogP contribution in [0, 0.1) is 21.4 Å². The average Bonchev–Trinajstić information content (AvgIpc) is 2.35. The van der Waals surface area contributed by atoms with Crippen LogP contribution in [0.25, 0.3) is 0 Å². The maximum Gasteiger partial charge on any atom is 0.288 e. The van der Waals surface area contributed by atoms with Crippen molar-refractivity contribution in [3.63, 3.8) is 0 Å². The predicted octanol–water partition coefficient (Wildman–Crippen LogP) is 2.23. The Morgan fingerprint density at radius 1 is 1.61 bits per heavy atom. The highest BCUT2D eigenvalue weighted by molar-refractivity contribution is 6.35. The van der Waals surface area contributed by atoms with E-state index in [2.05, 4.69) is 0 Å². The van der Waals surface area contributed by atoms with Crippen LogP contribution in [0.5, 0.6) is 0 Å². The molecule has 0 saturated heterocycles. The van der Waals surface area contributed by atoms with Crippen LogP contribution in [0.1, 0.15) is 16.8 Å². The first-order chi connectivity index (χ1) is 8.49. The molecule has 0 spiro atoms. The van der Waals surface area contributed by atoms with Gasteiger partial charge in [0.15, 0.2) is 0 Å². The first-order valence-corrected chi connectivity index (χ1v) is 5.42. The second-order valence-corrected chi connectivity index (χ2v) is 3.91. The third-order valence-electron chi connectivity index (χ3n) is 2.31. The molecule has 0 unspecified atom stereocenters. The smallest absolute Gasteiger partial charge is 0.288 e. The minimum Gasteiger partial charge on any atom is -0.341 e. The summed E-state index contributed by atoms with van der Waals surface area (Å²) in [6.07, 6.45) is 0.189. The fourth-order valence-electron chi connectivity index (χ4n) is 1.35. The van der Waals surface area contributed by atoms with Gasteiger partial charge in [0.05, 0.1) is 23.0 Å². The molecule has 0 saturated carbocycles. The summed E-state index contributed by atoms with van der Waals surface area (Å²) in [4.78, 5) is 23.3.